The van der Waals surface area contributed by atoms with Gasteiger partial charge in [0.2, 0.25) is 0 Å². The van der Waals surface area contributed by atoms with E-state index in [0.717, 1.165) is 22.8 Å². The van der Waals surface area contributed by atoms with Gasteiger partial charge < -0.3 is 5.11 Å². The number of aliphatic carboxylic acids is 1. The molecule has 4 rings (SSSR count). The number of hydrogen-bond donors (Lipinski definition) is 1. The fourth-order valence-corrected chi connectivity index (χ4v) is 4.24. The fraction of sp³-hybridized carbons (Fsp3) is 0.381. The maximum Gasteiger partial charge on any atom is 0.416 e. The van der Waals surface area contributed by atoms with Crippen molar-refractivity contribution in [1.82, 2.24) is 4.90 Å². The first kappa shape index (κ1) is 20.2. The van der Waals surface area contributed by atoms with Crippen molar-refractivity contribution < 1.29 is 27.5 Å². The van der Waals surface area contributed by atoms with E-state index in [1.54, 1.807) is 0 Å². The highest BCUT2D eigenvalue weighted by molar-refractivity contribution is 6.30. The lowest BCUT2D eigenvalue weighted by atomic mass is 9.95. The summed E-state index contributed by atoms with van der Waals surface area (Å²) in [5.41, 5.74) is 2.11. The predicted octanol–water partition coefficient (Wildman–Crippen LogP) is 5.24. The molecule has 2 aliphatic rings. The van der Waals surface area contributed by atoms with E-state index in [2.05, 4.69) is 0 Å². The van der Waals surface area contributed by atoms with Gasteiger partial charge in [0.05, 0.1) is 16.5 Å². The van der Waals surface area contributed by atoms with Crippen LogP contribution in [0.25, 0.3) is 0 Å². The summed E-state index contributed by atoms with van der Waals surface area (Å²) >= 11 is 5.68. The number of nitrogens with zero attached hydrogens (tertiary/aromatic N) is 1. The van der Waals surface area contributed by atoms with Gasteiger partial charge in [0, 0.05) is 25.2 Å². The van der Waals surface area contributed by atoms with Crippen LogP contribution in [0.2, 0.25) is 5.02 Å². The van der Waals surface area contributed by atoms with Crippen molar-refractivity contribution in [3.8, 4) is 0 Å². The van der Waals surface area contributed by atoms with Gasteiger partial charge in [-0.05, 0) is 47.6 Å². The largest absolute Gasteiger partial charge is 0.481 e. The molecule has 3 nitrogen and oxygen atoms in total. The molecular weight excluding hydrogens is 410 g/mol. The second kappa shape index (κ2) is 7.29. The molecule has 1 N–H and O–H groups in total. The normalized spacial score (nSPS) is 21.7. The molecule has 2 aromatic carbocycles. The van der Waals surface area contributed by atoms with Gasteiger partial charge in [-0.15, -0.1) is 0 Å². The molecule has 0 amide bonds. The molecule has 29 heavy (non-hydrogen) atoms. The third-order valence-corrected chi connectivity index (χ3v) is 5.96. The Bertz CT molecular complexity index is 976. The minimum absolute atomic E-state index is 0.0282. The molecule has 1 heterocycles. The highest BCUT2D eigenvalue weighted by Crippen LogP contribution is 2.48. The van der Waals surface area contributed by atoms with Crippen LogP contribution < -0.4 is 0 Å². The van der Waals surface area contributed by atoms with Crippen LogP contribution in [0.4, 0.5) is 17.6 Å². The minimum atomic E-state index is -4.59. The molecule has 2 aromatic rings. The first-order chi connectivity index (χ1) is 13.6. The highest BCUT2D eigenvalue weighted by Gasteiger charge is 2.44. The van der Waals surface area contributed by atoms with Crippen molar-refractivity contribution in [1.29, 1.82) is 0 Å². The van der Waals surface area contributed by atoms with Crippen molar-refractivity contribution in [3.05, 3.63) is 69.0 Å². The number of carboxylic acid groups (broad SMARTS) is 1. The molecule has 2 atom stereocenters. The van der Waals surface area contributed by atoms with E-state index in [-0.39, 0.29) is 23.9 Å². The predicted molar refractivity (Wildman–Crippen MR) is 99.2 cm³/mol. The van der Waals surface area contributed by atoms with Crippen molar-refractivity contribution in [2.45, 2.75) is 38.0 Å². The summed E-state index contributed by atoms with van der Waals surface area (Å²) in [6.45, 7) is 1.08. The molecule has 1 fully saturated rings. The third kappa shape index (κ3) is 4.12. The lowest BCUT2D eigenvalue weighted by Gasteiger charge is -2.29. The molecule has 0 saturated heterocycles. The van der Waals surface area contributed by atoms with Gasteiger partial charge in [0.15, 0.2) is 0 Å². The molecular formula is C21H18ClF4NO2. The van der Waals surface area contributed by atoms with E-state index in [9.17, 15) is 22.4 Å². The van der Waals surface area contributed by atoms with Gasteiger partial charge in [-0.3, -0.25) is 9.69 Å². The van der Waals surface area contributed by atoms with Crippen LogP contribution >= 0.6 is 11.6 Å². The SMILES string of the molecule is O=C(O)C1C[C@@H]1c1ccc2c(c1)CCN(Cc1cc(C(F)(F)F)cc(Cl)c1F)C2. The second-order valence-electron chi connectivity index (χ2n) is 7.70. The van der Waals surface area contributed by atoms with Crippen molar-refractivity contribution >= 4 is 17.6 Å². The number of halogens is 5. The monoisotopic (exact) mass is 427 g/mol. The van der Waals surface area contributed by atoms with Crippen molar-refractivity contribution in [3.63, 3.8) is 0 Å². The lowest BCUT2D eigenvalue weighted by Crippen LogP contribution is -2.30. The van der Waals surface area contributed by atoms with Gasteiger partial charge in [-0.25, -0.2) is 4.39 Å². The molecule has 1 aliphatic carbocycles. The standard InChI is InChI=1S/C21H18ClF4NO2/c22-18-7-15(21(24,25)26)6-14(19(18)23)10-27-4-3-11-5-12(1-2-13(11)9-27)16-8-17(16)20(28)29/h1-2,5-7,16-17H,3-4,8-10H2,(H,28,29)/t16-,17?/m1/s1. The zero-order valence-corrected chi connectivity index (χ0v) is 16.0. The molecule has 1 unspecified atom stereocenters. The van der Waals surface area contributed by atoms with Crippen LogP contribution in [0, 0.1) is 11.7 Å². The Hall–Kier alpha value is -2.12. The van der Waals surface area contributed by atoms with Crippen LogP contribution in [0.3, 0.4) is 0 Å². The molecule has 1 aliphatic heterocycles. The maximum absolute atomic E-state index is 14.3. The Morgan fingerprint density at radius 2 is 1.97 bits per heavy atom. The summed E-state index contributed by atoms with van der Waals surface area (Å²) in [6, 6.07) is 7.30. The Kier molecular flexibility index (Phi) is 5.07. The highest BCUT2D eigenvalue weighted by atomic mass is 35.5. The number of alkyl halides is 3. The molecule has 154 valence electrons. The van der Waals surface area contributed by atoms with Crippen LogP contribution in [0.1, 0.15) is 40.2 Å². The van der Waals surface area contributed by atoms with E-state index < -0.39 is 28.5 Å². The van der Waals surface area contributed by atoms with E-state index >= 15 is 0 Å². The van der Waals surface area contributed by atoms with E-state index in [1.807, 2.05) is 23.1 Å². The minimum Gasteiger partial charge on any atom is -0.481 e. The van der Waals surface area contributed by atoms with Crippen molar-refractivity contribution in [2.24, 2.45) is 5.92 Å². The van der Waals surface area contributed by atoms with Crippen LogP contribution in [0.5, 0.6) is 0 Å². The Morgan fingerprint density at radius 1 is 1.21 bits per heavy atom. The Balaban J connectivity index is 1.50. The maximum atomic E-state index is 14.3. The van der Waals surface area contributed by atoms with Gasteiger partial charge >= 0.3 is 12.1 Å². The summed E-state index contributed by atoms with van der Waals surface area (Å²) < 4.78 is 53.3. The topological polar surface area (TPSA) is 40.5 Å². The number of benzene rings is 2. The Morgan fingerprint density at radius 3 is 2.62 bits per heavy atom. The number of hydrogen-bond acceptors (Lipinski definition) is 2. The molecule has 0 radical (unpaired) electrons. The zero-order valence-electron chi connectivity index (χ0n) is 15.3. The molecule has 0 aromatic heterocycles. The quantitative estimate of drug-likeness (QED) is 0.678. The number of carboxylic acids is 1. The average Bonchev–Trinajstić information content (AvgIpc) is 3.45. The van der Waals surface area contributed by atoms with E-state index in [1.165, 1.54) is 0 Å². The summed E-state index contributed by atoms with van der Waals surface area (Å²) in [5.74, 6) is -1.87. The number of fused-ring (bicyclic) bond motifs is 1. The molecule has 0 spiro atoms. The molecule has 0 bridgehead atoms. The second-order valence-corrected chi connectivity index (χ2v) is 8.11. The zero-order chi connectivity index (χ0) is 20.9. The first-order valence-corrected chi connectivity index (χ1v) is 9.63. The van der Waals surface area contributed by atoms with E-state index in [0.29, 0.717) is 32.0 Å². The summed E-state index contributed by atoms with van der Waals surface area (Å²) in [5, 5.41) is 8.56. The van der Waals surface area contributed by atoms with Gasteiger partial charge in [-0.2, -0.15) is 13.2 Å². The fourth-order valence-electron chi connectivity index (χ4n) is 4.00. The third-order valence-electron chi connectivity index (χ3n) is 5.68. The average molecular weight is 428 g/mol. The molecule has 1 saturated carbocycles. The summed E-state index contributed by atoms with van der Waals surface area (Å²) in [4.78, 5) is 13.0. The molecule has 8 heteroatoms. The number of carbonyl (C=O) groups is 1. The summed E-state index contributed by atoms with van der Waals surface area (Å²) in [7, 11) is 0. The van der Waals surface area contributed by atoms with Gasteiger partial charge in [0.1, 0.15) is 5.82 Å². The van der Waals surface area contributed by atoms with Crippen LogP contribution in [-0.4, -0.2) is 22.5 Å². The first-order valence-electron chi connectivity index (χ1n) is 9.25. The van der Waals surface area contributed by atoms with Crippen LogP contribution in [0.15, 0.2) is 30.3 Å². The Labute approximate surface area is 169 Å². The lowest BCUT2D eigenvalue weighted by molar-refractivity contribution is -0.139. The van der Waals surface area contributed by atoms with Crippen LogP contribution in [-0.2, 0) is 30.5 Å². The van der Waals surface area contributed by atoms with Crippen molar-refractivity contribution in [2.75, 3.05) is 6.54 Å². The summed E-state index contributed by atoms with van der Waals surface area (Å²) in [6.07, 6.45) is -3.27. The van der Waals surface area contributed by atoms with Gasteiger partial charge in [-0.1, -0.05) is 29.8 Å². The van der Waals surface area contributed by atoms with E-state index in [4.69, 9.17) is 16.7 Å². The smallest absolute Gasteiger partial charge is 0.416 e. The van der Waals surface area contributed by atoms with Gasteiger partial charge in [0.25, 0.3) is 0 Å². The number of rotatable bonds is 4.